The fourth-order valence-corrected chi connectivity index (χ4v) is 1.52. The van der Waals surface area contributed by atoms with E-state index in [1.807, 2.05) is 0 Å². The zero-order valence-electron chi connectivity index (χ0n) is 10.6. The molecule has 0 fully saturated rings. The Bertz CT molecular complexity index is 533. The largest absolute Gasteiger partial charge is 0.478 e. The van der Waals surface area contributed by atoms with Gasteiger partial charge in [-0.1, -0.05) is 11.6 Å². The first-order valence-corrected chi connectivity index (χ1v) is 5.96. The first kappa shape index (κ1) is 15.8. The molecule has 0 aliphatic rings. The topological polar surface area (TPSA) is 105 Å². The highest BCUT2D eigenvalue weighted by molar-refractivity contribution is 6.31. The third-order valence-electron chi connectivity index (χ3n) is 2.30. The standard InChI is InChI=1S/C12H13ClN2O5/c1-20-10(16)4-5-14-12(19)15-9-3-2-7(13)6-8(9)11(17)18/h2-3,6H,4-5H2,1H3,(H,17,18)(H2,14,15,19). The Morgan fingerprint density at radius 3 is 2.65 bits per heavy atom. The maximum Gasteiger partial charge on any atom is 0.337 e. The van der Waals surface area contributed by atoms with Crippen LogP contribution in [0.3, 0.4) is 0 Å². The molecule has 0 saturated carbocycles. The summed E-state index contributed by atoms with van der Waals surface area (Å²) < 4.78 is 4.41. The average Bonchev–Trinajstić information content (AvgIpc) is 2.40. The lowest BCUT2D eigenvalue weighted by atomic mass is 10.2. The average molecular weight is 301 g/mol. The number of carboxylic acid groups (broad SMARTS) is 1. The van der Waals surface area contributed by atoms with Crippen molar-refractivity contribution in [2.45, 2.75) is 6.42 Å². The normalized spacial score (nSPS) is 9.70. The maximum atomic E-state index is 11.5. The SMILES string of the molecule is COC(=O)CCNC(=O)Nc1ccc(Cl)cc1C(=O)O. The number of carbonyl (C=O) groups is 3. The van der Waals surface area contributed by atoms with Crippen LogP contribution in [-0.4, -0.2) is 36.7 Å². The van der Waals surface area contributed by atoms with Gasteiger partial charge in [-0.15, -0.1) is 0 Å². The molecule has 1 aromatic rings. The van der Waals surface area contributed by atoms with Gasteiger partial charge in [-0.25, -0.2) is 9.59 Å². The van der Waals surface area contributed by atoms with Crippen molar-refractivity contribution in [1.82, 2.24) is 5.32 Å². The van der Waals surface area contributed by atoms with Crippen molar-refractivity contribution in [1.29, 1.82) is 0 Å². The fraction of sp³-hybridized carbons (Fsp3) is 0.250. The van der Waals surface area contributed by atoms with Crippen LogP contribution < -0.4 is 10.6 Å². The number of esters is 1. The monoisotopic (exact) mass is 300 g/mol. The third-order valence-corrected chi connectivity index (χ3v) is 2.54. The summed E-state index contributed by atoms with van der Waals surface area (Å²) in [4.78, 5) is 33.4. The van der Waals surface area contributed by atoms with E-state index in [1.165, 1.54) is 25.3 Å². The second-order valence-electron chi connectivity index (χ2n) is 3.70. The number of nitrogens with one attached hydrogen (secondary N) is 2. The van der Waals surface area contributed by atoms with Crippen LogP contribution in [-0.2, 0) is 9.53 Å². The summed E-state index contributed by atoms with van der Waals surface area (Å²) in [5.74, 6) is -1.67. The van der Waals surface area contributed by atoms with Crippen molar-refractivity contribution >= 4 is 35.3 Å². The second kappa shape index (κ2) is 7.34. The zero-order valence-corrected chi connectivity index (χ0v) is 11.4. The Balaban J connectivity index is 2.62. The van der Waals surface area contributed by atoms with E-state index < -0.39 is 18.0 Å². The van der Waals surface area contributed by atoms with Crippen LogP contribution in [0.1, 0.15) is 16.8 Å². The minimum absolute atomic E-state index is 0.0241. The summed E-state index contributed by atoms with van der Waals surface area (Å²) in [5.41, 5.74) is -0.0157. The Kier molecular flexibility index (Phi) is 5.79. The van der Waals surface area contributed by atoms with Crippen molar-refractivity contribution in [2.75, 3.05) is 19.0 Å². The molecule has 0 unspecified atom stereocenters. The maximum absolute atomic E-state index is 11.5. The number of urea groups is 1. The number of methoxy groups -OCH3 is 1. The van der Waals surface area contributed by atoms with Crippen LogP contribution in [0, 0.1) is 0 Å². The smallest absolute Gasteiger partial charge is 0.337 e. The van der Waals surface area contributed by atoms with Gasteiger partial charge in [0.1, 0.15) is 0 Å². The van der Waals surface area contributed by atoms with Crippen molar-refractivity contribution in [3.63, 3.8) is 0 Å². The van der Waals surface area contributed by atoms with Crippen LogP contribution >= 0.6 is 11.6 Å². The minimum Gasteiger partial charge on any atom is -0.478 e. The van der Waals surface area contributed by atoms with Crippen molar-refractivity contribution in [3.8, 4) is 0 Å². The van der Waals surface area contributed by atoms with E-state index >= 15 is 0 Å². The van der Waals surface area contributed by atoms with E-state index in [4.69, 9.17) is 16.7 Å². The molecular formula is C12H13ClN2O5. The predicted octanol–water partition coefficient (Wildman–Crippen LogP) is 1.72. The molecule has 0 saturated heterocycles. The molecular weight excluding hydrogens is 288 g/mol. The van der Waals surface area contributed by atoms with Gasteiger partial charge in [-0.05, 0) is 18.2 Å². The number of benzene rings is 1. The fourth-order valence-electron chi connectivity index (χ4n) is 1.35. The predicted molar refractivity (Wildman–Crippen MR) is 72.1 cm³/mol. The lowest BCUT2D eigenvalue weighted by Crippen LogP contribution is -2.31. The molecule has 0 radical (unpaired) electrons. The minimum atomic E-state index is -1.21. The highest BCUT2D eigenvalue weighted by Crippen LogP contribution is 2.20. The van der Waals surface area contributed by atoms with Gasteiger partial charge in [0.2, 0.25) is 0 Å². The molecule has 0 bridgehead atoms. The number of ether oxygens (including phenoxy) is 1. The highest BCUT2D eigenvalue weighted by atomic mass is 35.5. The Hall–Kier alpha value is -2.28. The number of hydrogen-bond acceptors (Lipinski definition) is 4. The van der Waals surface area contributed by atoms with E-state index in [0.717, 1.165) is 0 Å². The molecule has 0 spiro atoms. The summed E-state index contributed by atoms with van der Waals surface area (Å²) in [7, 11) is 1.25. The summed E-state index contributed by atoms with van der Waals surface area (Å²) in [6, 6.07) is 3.44. The molecule has 0 atom stereocenters. The van der Waals surface area contributed by atoms with Gasteiger partial charge in [0.15, 0.2) is 0 Å². The summed E-state index contributed by atoms with van der Waals surface area (Å²) >= 11 is 5.69. The molecule has 1 aromatic carbocycles. The molecule has 7 nitrogen and oxygen atoms in total. The van der Waals surface area contributed by atoms with Crippen molar-refractivity contribution in [2.24, 2.45) is 0 Å². The van der Waals surface area contributed by atoms with Gasteiger partial charge in [-0.2, -0.15) is 0 Å². The molecule has 0 aliphatic carbocycles. The Morgan fingerprint density at radius 1 is 1.35 bits per heavy atom. The lowest BCUT2D eigenvalue weighted by molar-refractivity contribution is -0.140. The van der Waals surface area contributed by atoms with E-state index in [9.17, 15) is 14.4 Å². The number of carboxylic acids is 1. The summed E-state index contributed by atoms with van der Waals surface area (Å²) in [5, 5.41) is 14.0. The van der Waals surface area contributed by atoms with E-state index in [-0.39, 0.29) is 29.2 Å². The van der Waals surface area contributed by atoms with Crippen LogP contribution in [0.2, 0.25) is 5.02 Å². The number of amides is 2. The molecule has 0 aliphatic heterocycles. The Morgan fingerprint density at radius 2 is 2.05 bits per heavy atom. The summed E-state index contributed by atoms with van der Waals surface area (Å²) in [6.45, 7) is 0.0779. The van der Waals surface area contributed by atoms with Gasteiger partial charge in [0, 0.05) is 11.6 Å². The number of rotatable bonds is 5. The van der Waals surface area contributed by atoms with Gasteiger partial charge < -0.3 is 20.5 Å². The molecule has 108 valence electrons. The number of anilines is 1. The molecule has 20 heavy (non-hydrogen) atoms. The van der Waals surface area contributed by atoms with Crippen molar-refractivity contribution < 1.29 is 24.2 Å². The molecule has 2 amide bonds. The van der Waals surface area contributed by atoms with Crippen LogP contribution in [0.4, 0.5) is 10.5 Å². The summed E-state index contributed by atoms with van der Waals surface area (Å²) in [6.07, 6.45) is 0.0241. The number of aromatic carboxylic acids is 1. The molecule has 0 heterocycles. The van der Waals surface area contributed by atoms with Gasteiger partial charge in [-0.3, -0.25) is 4.79 Å². The van der Waals surface area contributed by atoms with Gasteiger partial charge in [0.25, 0.3) is 0 Å². The van der Waals surface area contributed by atoms with Gasteiger partial charge >= 0.3 is 18.0 Å². The molecule has 3 N–H and O–H groups in total. The van der Waals surface area contributed by atoms with Crippen LogP contribution in [0.5, 0.6) is 0 Å². The van der Waals surface area contributed by atoms with Crippen LogP contribution in [0.15, 0.2) is 18.2 Å². The van der Waals surface area contributed by atoms with Crippen molar-refractivity contribution in [3.05, 3.63) is 28.8 Å². The highest BCUT2D eigenvalue weighted by Gasteiger charge is 2.13. The number of halogens is 1. The quantitative estimate of drug-likeness (QED) is 0.718. The first-order valence-electron chi connectivity index (χ1n) is 5.58. The van der Waals surface area contributed by atoms with E-state index in [2.05, 4.69) is 15.4 Å². The number of hydrogen-bond donors (Lipinski definition) is 3. The third kappa shape index (κ3) is 4.77. The molecule has 1 rings (SSSR count). The lowest BCUT2D eigenvalue weighted by Gasteiger charge is -2.09. The number of carbonyl (C=O) groups excluding carboxylic acids is 2. The zero-order chi connectivity index (χ0) is 15.1. The van der Waals surface area contributed by atoms with E-state index in [0.29, 0.717) is 0 Å². The second-order valence-corrected chi connectivity index (χ2v) is 4.14. The van der Waals surface area contributed by atoms with Gasteiger partial charge in [0.05, 0.1) is 24.8 Å². The molecule has 8 heteroatoms. The molecule has 0 aromatic heterocycles. The van der Waals surface area contributed by atoms with E-state index in [1.54, 1.807) is 0 Å². The Labute approximate surface area is 119 Å². The first-order chi connectivity index (χ1) is 9.43. The van der Waals surface area contributed by atoms with Crippen LogP contribution in [0.25, 0.3) is 0 Å².